The summed E-state index contributed by atoms with van der Waals surface area (Å²) in [7, 11) is -0.404. The summed E-state index contributed by atoms with van der Waals surface area (Å²) in [5.41, 5.74) is 0.901. The molecule has 1 atom stereocenters. The highest BCUT2D eigenvalue weighted by Crippen LogP contribution is 2.42. The molecular weight excluding hydrogens is 466 g/mol. The van der Waals surface area contributed by atoms with Crippen LogP contribution in [0.4, 0.5) is 8.78 Å². The summed E-state index contributed by atoms with van der Waals surface area (Å²) in [4.78, 5) is 0. The van der Waals surface area contributed by atoms with E-state index in [-0.39, 0.29) is 5.92 Å². The van der Waals surface area contributed by atoms with Gasteiger partial charge in [0, 0.05) is 14.7 Å². The lowest BCUT2D eigenvalue weighted by Gasteiger charge is -2.37. The molecule has 1 N–H and O–H groups in total. The van der Waals surface area contributed by atoms with Crippen LogP contribution in [0.5, 0.6) is 0 Å². The average Bonchev–Trinajstić information content (AvgIpc) is 2.90. The van der Waals surface area contributed by atoms with Crippen LogP contribution in [-0.2, 0) is 0 Å². The summed E-state index contributed by atoms with van der Waals surface area (Å²) in [6, 6.07) is 9.11. The zero-order chi connectivity index (χ0) is 25.3. The van der Waals surface area contributed by atoms with E-state index in [1.165, 1.54) is 69.9 Å². The summed E-state index contributed by atoms with van der Waals surface area (Å²) in [5.74, 6) is 8.18. The summed E-state index contributed by atoms with van der Waals surface area (Å²) in [6.07, 6.45) is 16.8. The van der Waals surface area contributed by atoms with Crippen LogP contribution < -0.4 is 0 Å². The third-order valence-electron chi connectivity index (χ3n) is 9.82. The van der Waals surface area contributed by atoms with E-state index in [1.807, 2.05) is 0 Å². The molecule has 1 aliphatic heterocycles. The minimum atomic E-state index is -0.775. The van der Waals surface area contributed by atoms with Gasteiger partial charge in [0.2, 0.25) is 0 Å². The fourth-order valence-electron chi connectivity index (χ4n) is 7.45. The van der Waals surface area contributed by atoms with E-state index in [0.717, 1.165) is 49.5 Å². The monoisotopic (exact) mass is 514 g/mol. The first kappa shape index (κ1) is 27.8. The second-order valence-electron chi connectivity index (χ2n) is 12.3. The zero-order valence-electron chi connectivity index (χ0n) is 22.5. The van der Waals surface area contributed by atoms with Gasteiger partial charge in [-0.1, -0.05) is 87.9 Å². The molecule has 4 rings (SSSR count). The van der Waals surface area contributed by atoms with Gasteiger partial charge in [0.25, 0.3) is 0 Å². The number of hydrogen-bond acceptors (Lipinski definition) is 1. The summed E-state index contributed by atoms with van der Waals surface area (Å²) in [6.45, 7) is 2.31. The maximum Gasteiger partial charge on any atom is 0.159 e. The van der Waals surface area contributed by atoms with Gasteiger partial charge in [-0.15, -0.1) is 0 Å². The maximum atomic E-state index is 13.6. The van der Waals surface area contributed by atoms with Gasteiger partial charge in [-0.2, -0.15) is 0 Å². The van der Waals surface area contributed by atoms with E-state index in [9.17, 15) is 13.9 Å². The van der Waals surface area contributed by atoms with Crippen molar-refractivity contribution in [1.82, 2.24) is 0 Å². The minimum Gasteiger partial charge on any atom is -0.380 e. The normalized spacial score (nSPS) is 31.9. The number of hydrogen-bond donors (Lipinski definition) is 1. The average molecular weight is 515 g/mol. The van der Waals surface area contributed by atoms with Crippen molar-refractivity contribution in [3.63, 3.8) is 0 Å². The van der Waals surface area contributed by atoms with E-state index in [0.29, 0.717) is 11.8 Å². The second-order valence-corrected chi connectivity index (χ2v) is 15.8. The molecule has 0 amide bonds. The third kappa shape index (κ3) is 8.16. The molecule has 1 aromatic rings. The minimum absolute atomic E-state index is 0.289. The van der Waals surface area contributed by atoms with Gasteiger partial charge in [-0.05, 0) is 86.3 Å². The quantitative estimate of drug-likeness (QED) is 0.209. The first-order chi connectivity index (χ1) is 17.5. The lowest BCUT2D eigenvalue weighted by molar-refractivity contribution is 0.142. The van der Waals surface area contributed by atoms with Crippen molar-refractivity contribution >= 4 is 8.80 Å². The van der Waals surface area contributed by atoms with Crippen LogP contribution in [0.2, 0.25) is 18.1 Å². The molecule has 1 nitrogen and oxygen atoms in total. The highest BCUT2D eigenvalue weighted by Gasteiger charge is 2.31. The number of aliphatic hydroxyl groups is 1. The Bertz CT molecular complexity index is 853. The number of rotatable bonds is 8. The Labute approximate surface area is 220 Å². The van der Waals surface area contributed by atoms with Crippen molar-refractivity contribution in [2.24, 2.45) is 23.7 Å². The largest absolute Gasteiger partial charge is 0.380 e. The zero-order valence-corrected chi connectivity index (χ0v) is 23.7. The number of halogens is 2. The van der Waals surface area contributed by atoms with Gasteiger partial charge < -0.3 is 5.11 Å². The molecule has 3 fully saturated rings. The molecular formula is C32H48F2OSi. The molecule has 4 heteroatoms. The number of unbranched alkanes of at least 4 members (excludes halogenated alkanes) is 2. The Morgan fingerprint density at radius 3 is 2.25 bits per heavy atom. The highest BCUT2D eigenvalue weighted by atomic mass is 28.3. The van der Waals surface area contributed by atoms with Crippen LogP contribution in [0.3, 0.4) is 0 Å². The number of aliphatic hydroxyl groups excluding tert-OH is 1. The summed E-state index contributed by atoms with van der Waals surface area (Å²) >= 11 is 0. The van der Waals surface area contributed by atoms with E-state index in [2.05, 4.69) is 18.8 Å². The maximum absolute atomic E-state index is 13.6. The fraction of sp³-hybridized carbons (Fsp3) is 0.750. The van der Waals surface area contributed by atoms with Gasteiger partial charge >= 0.3 is 0 Å². The van der Waals surface area contributed by atoms with Crippen molar-refractivity contribution < 1.29 is 13.9 Å². The Balaban J connectivity index is 1.12. The SMILES string of the molecule is CCCCC[Si@H]1CC[C@H]([C@H]2CC[C@H](CC(O)C#C[C@H]3CC[C@H](c4ccc(F)c(F)c4)CC3)CC2)CC1. The highest BCUT2D eigenvalue weighted by molar-refractivity contribution is 6.58. The molecule has 1 aromatic carbocycles. The van der Waals surface area contributed by atoms with Crippen LogP contribution in [0, 0.1) is 47.1 Å². The molecule has 1 unspecified atom stereocenters. The molecule has 0 spiro atoms. The summed E-state index contributed by atoms with van der Waals surface area (Å²) in [5, 5.41) is 10.6. The Kier molecular flexibility index (Phi) is 10.9. The Hall–Kier alpha value is -1.18. The fourth-order valence-corrected chi connectivity index (χ4v) is 11.0. The third-order valence-corrected chi connectivity index (χ3v) is 13.3. The van der Waals surface area contributed by atoms with Gasteiger partial charge in [0.05, 0.1) is 0 Å². The van der Waals surface area contributed by atoms with Crippen LogP contribution in [0.1, 0.15) is 108 Å². The van der Waals surface area contributed by atoms with Crippen molar-refractivity contribution in [2.45, 2.75) is 127 Å². The molecule has 0 bridgehead atoms. The molecule has 36 heavy (non-hydrogen) atoms. The van der Waals surface area contributed by atoms with Gasteiger partial charge in [0.1, 0.15) is 6.10 Å². The number of benzene rings is 1. The van der Waals surface area contributed by atoms with Crippen molar-refractivity contribution in [1.29, 1.82) is 0 Å². The van der Waals surface area contributed by atoms with Crippen LogP contribution in [0.15, 0.2) is 18.2 Å². The van der Waals surface area contributed by atoms with Crippen LogP contribution in [-0.4, -0.2) is 20.0 Å². The molecule has 0 aromatic heterocycles. The van der Waals surface area contributed by atoms with E-state index < -0.39 is 26.5 Å². The molecule has 1 saturated heterocycles. The van der Waals surface area contributed by atoms with Gasteiger partial charge in [0.15, 0.2) is 11.6 Å². The predicted molar refractivity (Wildman–Crippen MR) is 149 cm³/mol. The smallest absolute Gasteiger partial charge is 0.159 e. The van der Waals surface area contributed by atoms with Crippen LogP contribution >= 0.6 is 0 Å². The molecule has 0 radical (unpaired) electrons. The lowest BCUT2D eigenvalue weighted by Crippen LogP contribution is -2.29. The van der Waals surface area contributed by atoms with Crippen molar-refractivity contribution in [3.05, 3.63) is 35.4 Å². The molecule has 2 saturated carbocycles. The first-order valence-corrected chi connectivity index (χ1v) is 17.6. The standard InChI is InChI=1S/C32H48F2OSi/c1-2-3-4-19-36-20-17-28(18-21-36)26-12-7-25(8-13-26)22-30(35)15-9-24-5-10-27(11-6-24)29-14-16-31(33)32(34)23-29/h14,16,23-28,30,35-36H,2-8,10-13,17-22H2,1H3/t24-,25-,26-,27-,28-,30?,36-. The van der Waals surface area contributed by atoms with Gasteiger partial charge in [-0.3, -0.25) is 0 Å². The van der Waals surface area contributed by atoms with Gasteiger partial charge in [-0.25, -0.2) is 8.78 Å². The Morgan fingerprint density at radius 1 is 0.889 bits per heavy atom. The molecule has 1 heterocycles. The molecule has 3 aliphatic rings. The molecule has 200 valence electrons. The first-order valence-electron chi connectivity index (χ1n) is 15.2. The predicted octanol–water partition coefficient (Wildman–Crippen LogP) is 8.63. The van der Waals surface area contributed by atoms with Crippen molar-refractivity contribution in [2.75, 3.05) is 0 Å². The summed E-state index contributed by atoms with van der Waals surface area (Å²) < 4.78 is 26.8. The second kappa shape index (κ2) is 14.1. The lowest BCUT2D eigenvalue weighted by atomic mass is 9.73. The topological polar surface area (TPSA) is 20.2 Å². The van der Waals surface area contributed by atoms with E-state index >= 15 is 0 Å². The van der Waals surface area contributed by atoms with E-state index in [4.69, 9.17) is 0 Å². The van der Waals surface area contributed by atoms with Crippen LogP contribution in [0.25, 0.3) is 0 Å². The van der Waals surface area contributed by atoms with E-state index in [1.54, 1.807) is 24.2 Å². The molecule has 2 aliphatic carbocycles. The Morgan fingerprint density at radius 2 is 1.58 bits per heavy atom. The van der Waals surface area contributed by atoms with Crippen molar-refractivity contribution in [3.8, 4) is 11.8 Å².